The van der Waals surface area contributed by atoms with E-state index in [-0.39, 0.29) is 11.7 Å². The Hall–Kier alpha value is -2.92. The van der Waals surface area contributed by atoms with Crippen LogP contribution in [0.25, 0.3) is 5.78 Å². The number of hydrogen-bond donors (Lipinski definition) is 0. The summed E-state index contributed by atoms with van der Waals surface area (Å²) >= 11 is 2.61. The molecule has 3 heterocycles. The number of aromatic nitrogens is 6. The zero-order chi connectivity index (χ0) is 21.1. The van der Waals surface area contributed by atoms with Gasteiger partial charge in [-0.05, 0) is 32.0 Å². The minimum atomic E-state index is -0.0487. The summed E-state index contributed by atoms with van der Waals surface area (Å²) in [6.07, 6.45) is 0. The summed E-state index contributed by atoms with van der Waals surface area (Å²) in [5, 5.41) is 13.4. The van der Waals surface area contributed by atoms with E-state index < -0.39 is 0 Å². The summed E-state index contributed by atoms with van der Waals surface area (Å²) in [4.78, 5) is 22.8. The number of para-hydroxylation sites is 1. The molecule has 0 aliphatic rings. The monoisotopic (exact) mass is 441 g/mol. The van der Waals surface area contributed by atoms with Gasteiger partial charge in [0.05, 0.1) is 11.5 Å². The number of nitrogens with zero attached hydrogens (tertiary/aromatic N) is 7. The van der Waals surface area contributed by atoms with Gasteiger partial charge in [0, 0.05) is 24.1 Å². The number of aryl methyl sites for hydroxylation is 2. The predicted molar refractivity (Wildman–Crippen MR) is 115 cm³/mol. The van der Waals surface area contributed by atoms with Crippen molar-refractivity contribution in [2.75, 3.05) is 17.7 Å². The number of fused-ring (bicyclic) bond motifs is 1. The van der Waals surface area contributed by atoms with Crippen molar-refractivity contribution in [1.82, 2.24) is 29.8 Å². The van der Waals surface area contributed by atoms with E-state index in [1.165, 1.54) is 23.5 Å². The molecular formula is C19H19N7O2S2. The largest absolute Gasteiger partial charge is 0.415 e. The Balaban J connectivity index is 1.32. The normalized spacial score (nSPS) is 11.2. The highest BCUT2D eigenvalue weighted by Crippen LogP contribution is 2.23. The lowest BCUT2D eigenvalue weighted by atomic mass is 10.3. The lowest BCUT2D eigenvalue weighted by Crippen LogP contribution is -2.27. The molecule has 4 rings (SSSR count). The molecule has 0 spiro atoms. The van der Waals surface area contributed by atoms with Crippen LogP contribution in [0.1, 0.15) is 17.3 Å². The van der Waals surface area contributed by atoms with Gasteiger partial charge < -0.3 is 9.32 Å². The van der Waals surface area contributed by atoms with E-state index in [2.05, 4.69) is 25.3 Å². The van der Waals surface area contributed by atoms with Crippen LogP contribution in [-0.4, -0.2) is 48.5 Å². The highest BCUT2D eigenvalue weighted by molar-refractivity contribution is 7.99. The number of carbonyl (C=O) groups excluding carboxylic acids is 1. The Morgan fingerprint density at radius 2 is 1.93 bits per heavy atom. The minimum Gasteiger partial charge on any atom is -0.415 e. The zero-order valence-electron chi connectivity index (χ0n) is 16.6. The SMILES string of the molecule is Cc1cc(C)n2nc(SCc3nnc(SCC(=O)N(C)c4ccccc4)o3)nc2n1. The third-order valence-electron chi connectivity index (χ3n) is 4.21. The van der Waals surface area contributed by atoms with Crippen molar-refractivity contribution in [2.45, 2.75) is 30.0 Å². The number of rotatable bonds is 7. The van der Waals surface area contributed by atoms with Crippen LogP contribution in [0, 0.1) is 13.8 Å². The predicted octanol–water partition coefficient (Wildman–Crippen LogP) is 3.17. The second kappa shape index (κ2) is 8.84. The average Bonchev–Trinajstić information content (AvgIpc) is 3.37. The van der Waals surface area contributed by atoms with Gasteiger partial charge in [0.25, 0.3) is 11.0 Å². The molecule has 0 radical (unpaired) electrons. The molecule has 1 amide bonds. The van der Waals surface area contributed by atoms with E-state index >= 15 is 0 Å². The molecule has 0 atom stereocenters. The summed E-state index contributed by atoms with van der Waals surface area (Å²) in [7, 11) is 1.74. The van der Waals surface area contributed by atoms with Crippen LogP contribution in [0.3, 0.4) is 0 Å². The van der Waals surface area contributed by atoms with Crippen LogP contribution in [0.2, 0.25) is 0 Å². The Bertz CT molecular complexity index is 1180. The molecular weight excluding hydrogens is 422 g/mol. The molecule has 0 saturated heterocycles. The second-order valence-electron chi connectivity index (χ2n) is 6.47. The van der Waals surface area contributed by atoms with Gasteiger partial charge in [-0.1, -0.05) is 41.7 Å². The second-order valence-corrected chi connectivity index (χ2v) is 8.34. The standard InChI is InChI=1S/C19H19N7O2S2/c1-12-9-13(2)26-17(20-12)21-18(24-26)29-10-15-22-23-19(28-15)30-11-16(27)25(3)14-7-5-4-6-8-14/h4-9H,10-11H2,1-3H3. The van der Waals surface area contributed by atoms with Gasteiger partial charge >= 0.3 is 0 Å². The number of hydrogen-bond acceptors (Lipinski definition) is 9. The highest BCUT2D eigenvalue weighted by Gasteiger charge is 2.15. The van der Waals surface area contributed by atoms with Crippen molar-refractivity contribution >= 4 is 40.9 Å². The number of anilines is 1. The number of thioether (sulfide) groups is 2. The maximum Gasteiger partial charge on any atom is 0.277 e. The maximum atomic E-state index is 12.4. The van der Waals surface area contributed by atoms with Crippen molar-refractivity contribution in [1.29, 1.82) is 0 Å². The Kier molecular flexibility index (Phi) is 6.00. The first-order valence-corrected chi connectivity index (χ1v) is 11.1. The molecule has 9 nitrogen and oxygen atoms in total. The number of carbonyl (C=O) groups is 1. The van der Waals surface area contributed by atoms with Crippen LogP contribution in [0.5, 0.6) is 0 Å². The number of benzene rings is 1. The minimum absolute atomic E-state index is 0.0487. The fraction of sp³-hybridized carbons (Fsp3) is 0.263. The summed E-state index contributed by atoms with van der Waals surface area (Å²) in [5.41, 5.74) is 2.71. The van der Waals surface area contributed by atoms with Crippen molar-refractivity contribution in [3.63, 3.8) is 0 Å². The summed E-state index contributed by atoms with van der Waals surface area (Å²) < 4.78 is 7.34. The zero-order valence-corrected chi connectivity index (χ0v) is 18.3. The fourth-order valence-electron chi connectivity index (χ4n) is 2.71. The van der Waals surface area contributed by atoms with Crippen LogP contribution < -0.4 is 4.90 Å². The lowest BCUT2D eigenvalue weighted by molar-refractivity contribution is -0.115. The van der Waals surface area contributed by atoms with Crippen LogP contribution in [0.15, 0.2) is 51.2 Å². The first kappa shape index (κ1) is 20.4. The molecule has 0 fully saturated rings. The molecule has 11 heteroatoms. The third kappa shape index (κ3) is 4.62. The van der Waals surface area contributed by atoms with Gasteiger partial charge in [0.1, 0.15) is 0 Å². The topological polar surface area (TPSA) is 102 Å². The summed E-state index contributed by atoms with van der Waals surface area (Å²) in [5.74, 6) is 1.61. The molecule has 30 heavy (non-hydrogen) atoms. The van der Waals surface area contributed by atoms with Gasteiger partial charge in [0.2, 0.25) is 17.0 Å². The van der Waals surface area contributed by atoms with Crippen LogP contribution >= 0.6 is 23.5 Å². The Morgan fingerprint density at radius 3 is 2.73 bits per heavy atom. The van der Waals surface area contributed by atoms with Crippen LogP contribution in [0.4, 0.5) is 5.69 Å². The fourth-order valence-corrected chi connectivity index (χ4v) is 4.06. The first-order chi connectivity index (χ1) is 14.5. The molecule has 0 unspecified atom stereocenters. The smallest absolute Gasteiger partial charge is 0.277 e. The highest BCUT2D eigenvalue weighted by atomic mass is 32.2. The van der Waals surface area contributed by atoms with Crippen LogP contribution in [-0.2, 0) is 10.5 Å². The Labute approximate surface area is 181 Å². The van der Waals surface area contributed by atoms with Gasteiger partial charge in [-0.15, -0.1) is 15.3 Å². The maximum absolute atomic E-state index is 12.4. The van der Waals surface area contributed by atoms with Crippen molar-refractivity contribution < 1.29 is 9.21 Å². The van der Waals surface area contributed by atoms with E-state index in [1.54, 1.807) is 16.5 Å². The van der Waals surface area contributed by atoms with E-state index in [0.29, 0.717) is 27.8 Å². The molecule has 154 valence electrons. The third-order valence-corrected chi connectivity index (χ3v) is 5.83. The summed E-state index contributed by atoms with van der Waals surface area (Å²) in [6, 6.07) is 11.4. The number of amides is 1. The molecule has 1 aromatic carbocycles. The van der Waals surface area contributed by atoms with Crippen molar-refractivity contribution in [3.05, 3.63) is 53.7 Å². The van der Waals surface area contributed by atoms with Crippen molar-refractivity contribution in [2.24, 2.45) is 0 Å². The molecule has 4 aromatic rings. The van der Waals surface area contributed by atoms with Crippen molar-refractivity contribution in [3.8, 4) is 0 Å². The van der Waals surface area contributed by atoms with Gasteiger partial charge in [0.15, 0.2) is 0 Å². The molecule has 0 bridgehead atoms. The lowest BCUT2D eigenvalue weighted by Gasteiger charge is -2.16. The molecule has 0 aliphatic heterocycles. The van der Waals surface area contributed by atoms with Gasteiger partial charge in [-0.25, -0.2) is 9.50 Å². The van der Waals surface area contributed by atoms with Gasteiger partial charge in [-0.2, -0.15) is 4.98 Å². The van der Waals surface area contributed by atoms with E-state index in [0.717, 1.165) is 17.1 Å². The molecule has 3 aromatic heterocycles. The van der Waals surface area contributed by atoms with Gasteiger partial charge in [-0.3, -0.25) is 4.79 Å². The van der Waals surface area contributed by atoms with E-state index in [9.17, 15) is 4.79 Å². The van der Waals surface area contributed by atoms with E-state index in [1.807, 2.05) is 50.2 Å². The Morgan fingerprint density at radius 1 is 1.13 bits per heavy atom. The first-order valence-electron chi connectivity index (χ1n) is 9.10. The average molecular weight is 442 g/mol. The molecule has 0 aliphatic carbocycles. The molecule has 0 N–H and O–H groups in total. The molecule has 0 saturated carbocycles. The van der Waals surface area contributed by atoms with E-state index in [4.69, 9.17) is 4.42 Å². The summed E-state index contributed by atoms with van der Waals surface area (Å²) in [6.45, 7) is 3.89. The quantitative estimate of drug-likeness (QED) is 0.400.